The van der Waals surface area contributed by atoms with Gasteiger partial charge in [0.25, 0.3) is 0 Å². The smallest absolute Gasteiger partial charge is 0.317 e. The minimum Gasteiger partial charge on any atom is -0.493 e. The third-order valence-electron chi connectivity index (χ3n) is 3.26. The highest BCUT2D eigenvalue weighted by Gasteiger charge is 2.31. The van der Waals surface area contributed by atoms with Crippen molar-refractivity contribution in [3.63, 3.8) is 0 Å². The summed E-state index contributed by atoms with van der Waals surface area (Å²) in [5.74, 6) is -0.835. The largest absolute Gasteiger partial charge is 0.493 e. The minimum atomic E-state index is -0.718. The van der Waals surface area contributed by atoms with Crippen LogP contribution in [0.2, 0.25) is 0 Å². The Morgan fingerprint density at radius 3 is 2.23 bits per heavy atom. The maximum absolute atomic E-state index is 13.3. The fourth-order valence-corrected chi connectivity index (χ4v) is 2.08. The molecule has 1 aliphatic rings. The van der Waals surface area contributed by atoms with Gasteiger partial charge in [0, 0.05) is 5.56 Å². The van der Waals surface area contributed by atoms with Crippen LogP contribution in [0.25, 0.3) is 0 Å². The Labute approximate surface area is 150 Å². The number of ether oxygens (including phenoxy) is 1. The monoisotopic (exact) mass is 369 g/mol. The molecule has 0 bridgehead atoms. The predicted molar refractivity (Wildman–Crippen MR) is 93.6 cm³/mol. The van der Waals surface area contributed by atoms with Gasteiger partial charge in [-0.2, -0.15) is 0 Å². The lowest BCUT2D eigenvalue weighted by atomic mass is 10.1. The van der Waals surface area contributed by atoms with Crippen LogP contribution in [-0.2, 0) is 0 Å². The zero-order valence-electron chi connectivity index (χ0n) is 14.9. The van der Waals surface area contributed by atoms with E-state index in [0.29, 0.717) is 5.56 Å². The van der Waals surface area contributed by atoms with Gasteiger partial charge in [0.15, 0.2) is 11.6 Å². The first-order chi connectivity index (χ1) is 12.4. The number of urea groups is 1. The molecule has 0 spiro atoms. The van der Waals surface area contributed by atoms with Crippen LogP contribution in [0.1, 0.15) is 38.2 Å². The number of carbonyl (C=O) groups excluding carboxylic acids is 1. The van der Waals surface area contributed by atoms with E-state index in [1.807, 2.05) is 13.8 Å². The molecule has 1 saturated carbocycles. The number of nitrogens with one attached hydrogen (secondary N) is 1. The standard InChI is InChI=1S/C10H10F2O.C6H6FN3O.C2H6/c1-13-10-8(12)5-4-7(11)9(10)6-2-3-6;7-4-1-2-5(9-3-4)10-6(8)11;1-2/h4-6H,2-3H2,1H3;1-3H,(H3,8,9,10,11);1-2H3. The molecule has 8 heteroatoms. The zero-order chi connectivity index (χ0) is 19.7. The molecule has 1 aromatic heterocycles. The van der Waals surface area contributed by atoms with Gasteiger partial charge in [-0.05, 0) is 43.0 Å². The van der Waals surface area contributed by atoms with E-state index < -0.39 is 17.7 Å². The molecule has 1 aliphatic carbocycles. The number of amides is 2. The molecule has 0 atom stereocenters. The van der Waals surface area contributed by atoms with E-state index in [0.717, 1.165) is 31.2 Å². The van der Waals surface area contributed by atoms with Crippen molar-refractivity contribution in [3.8, 4) is 5.75 Å². The van der Waals surface area contributed by atoms with Crippen LogP contribution in [0.4, 0.5) is 23.8 Å². The topological polar surface area (TPSA) is 77.2 Å². The number of anilines is 1. The van der Waals surface area contributed by atoms with Crippen LogP contribution in [0.5, 0.6) is 5.75 Å². The number of nitrogens with zero attached hydrogens (tertiary/aromatic N) is 1. The van der Waals surface area contributed by atoms with Crippen molar-refractivity contribution in [1.82, 2.24) is 4.98 Å². The van der Waals surface area contributed by atoms with Crippen LogP contribution in [-0.4, -0.2) is 18.1 Å². The Morgan fingerprint density at radius 1 is 1.15 bits per heavy atom. The lowest BCUT2D eigenvalue weighted by molar-refractivity contribution is 0.259. The van der Waals surface area contributed by atoms with Gasteiger partial charge < -0.3 is 10.5 Å². The zero-order valence-corrected chi connectivity index (χ0v) is 14.9. The Morgan fingerprint density at radius 2 is 1.77 bits per heavy atom. The van der Waals surface area contributed by atoms with Crippen LogP contribution in [0, 0.1) is 17.5 Å². The van der Waals surface area contributed by atoms with E-state index in [1.54, 1.807) is 0 Å². The molecular weight excluding hydrogens is 347 g/mol. The Kier molecular flexibility index (Phi) is 8.41. The van der Waals surface area contributed by atoms with E-state index in [-0.39, 0.29) is 23.3 Å². The van der Waals surface area contributed by atoms with Crippen molar-refractivity contribution in [2.24, 2.45) is 5.73 Å². The van der Waals surface area contributed by atoms with E-state index in [4.69, 9.17) is 10.5 Å². The van der Waals surface area contributed by atoms with Gasteiger partial charge in [0.05, 0.1) is 13.3 Å². The van der Waals surface area contributed by atoms with Crippen molar-refractivity contribution in [1.29, 1.82) is 0 Å². The molecule has 0 radical (unpaired) electrons. The molecule has 5 nitrogen and oxygen atoms in total. The summed E-state index contributed by atoms with van der Waals surface area (Å²) < 4.78 is 43.4. The summed E-state index contributed by atoms with van der Waals surface area (Å²) in [5, 5.41) is 2.19. The Bertz CT molecular complexity index is 720. The lowest BCUT2D eigenvalue weighted by Crippen LogP contribution is -2.19. The van der Waals surface area contributed by atoms with Crippen molar-refractivity contribution >= 4 is 11.8 Å². The maximum Gasteiger partial charge on any atom is 0.317 e. The number of methoxy groups -OCH3 is 1. The van der Waals surface area contributed by atoms with E-state index in [9.17, 15) is 18.0 Å². The molecule has 3 N–H and O–H groups in total. The average Bonchev–Trinajstić information content (AvgIpc) is 3.45. The fraction of sp³-hybridized carbons (Fsp3) is 0.333. The van der Waals surface area contributed by atoms with Gasteiger partial charge in [0.1, 0.15) is 17.5 Å². The third-order valence-corrected chi connectivity index (χ3v) is 3.26. The van der Waals surface area contributed by atoms with Crippen LogP contribution in [0.15, 0.2) is 30.5 Å². The molecule has 2 amide bonds. The number of aromatic nitrogens is 1. The predicted octanol–water partition coefficient (Wildman–Crippen LogP) is 4.59. The summed E-state index contributed by atoms with van der Waals surface area (Å²) in [6.45, 7) is 4.00. The fourth-order valence-electron chi connectivity index (χ4n) is 2.08. The van der Waals surface area contributed by atoms with Crippen LogP contribution < -0.4 is 15.8 Å². The number of halogens is 3. The van der Waals surface area contributed by atoms with E-state index >= 15 is 0 Å². The number of carbonyl (C=O) groups is 1. The van der Waals surface area contributed by atoms with Crippen molar-refractivity contribution in [2.75, 3.05) is 12.4 Å². The van der Waals surface area contributed by atoms with Gasteiger partial charge >= 0.3 is 6.03 Å². The molecule has 0 aliphatic heterocycles. The number of pyridine rings is 1. The van der Waals surface area contributed by atoms with Crippen molar-refractivity contribution < 1.29 is 22.7 Å². The lowest BCUT2D eigenvalue weighted by Gasteiger charge is -2.08. The Balaban J connectivity index is 0.000000241. The molecule has 0 saturated heterocycles. The molecule has 2 aromatic rings. The van der Waals surface area contributed by atoms with Crippen LogP contribution >= 0.6 is 0 Å². The maximum atomic E-state index is 13.3. The molecule has 0 unspecified atom stereocenters. The molecule has 1 fully saturated rings. The van der Waals surface area contributed by atoms with E-state index in [1.165, 1.54) is 19.2 Å². The normalized spacial score (nSPS) is 12.1. The number of hydrogen-bond donors (Lipinski definition) is 2. The molecular formula is C18H22F3N3O2. The van der Waals surface area contributed by atoms with Gasteiger partial charge in [-0.3, -0.25) is 5.32 Å². The summed E-state index contributed by atoms with van der Waals surface area (Å²) in [6.07, 6.45) is 2.85. The highest BCUT2D eigenvalue weighted by molar-refractivity contribution is 5.86. The molecule has 142 valence electrons. The summed E-state index contributed by atoms with van der Waals surface area (Å²) in [6, 6.07) is 4.04. The summed E-state index contributed by atoms with van der Waals surface area (Å²) in [5.41, 5.74) is 5.18. The second-order valence-electron chi connectivity index (χ2n) is 5.10. The minimum absolute atomic E-state index is 0.0718. The quantitative estimate of drug-likeness (QED) is 0.831. The average molecular weight is 369 g/mol. The second-order valence-corrected chi connectivity index (χ2v) is 5.10. The Hall–Kier alpha value is -2.77. The first kappa shape index (κ1) is 21.3. The summed E-state index contributed by atoms with van der Waals surface area (Å²) in [7, 11) is 1.36. The van der Waals surface area contributed by atoms with Gasteiger partial charge in [-0.25, -0.2) is 22.9 Å². The second kappa shape index (κ2) is 10.3. The van der Waals surface area contributed by atoms with Crippen LogP contribution in [0.3, 0.4) is 0 Å². The first-order valence-electron chi connectivity index (χ1n) is 8.12. The number of primary amides is 1. The first-order valence-corrected chi connectivity index (χ1v) is 8.12. The highest BCUT2D eigenvalue weighted by Crippen LogP contribution is 2.46. The van der Waals surface area contributed by atoms with Gasteiger partial charge in [-0.1, -0.05) is 13.8 Å². The van der Waals surface area contributed by atoms with Crippen molar-refractivity contribution in [2.45, 2.75) is 32.6 Å². The molecule has 1 aromatic carbocycles. The summed E-state index contributed by atoms with van der Waals surface area (Å²) >= 11 is 0. The summed E-state index contributed by atoms with van der Waals surface area (Å²) in [4.78, 5) is 13.8. The number of nitrogens with two attached hydrogens (primary N) is 1. The van der Waals surface area contributed by atoms with Crippen molar-refractivity contribution in [3.05, 3.63) is 53.5 Å². The molecule has 3 rings (SSSR count). The molecule has 1 heterocycles. The highest BCUT2D eigenvalue weighted by atomic mass is 19.1. The number of hydrogen-bond acceptors (Lipinski definition) is 3. The van der Waals surface area contributed by atoms with Gasteiger partial charge in [0.2, 0.25) is 0 Å². The SMILES string of the molecule is CC.COc1c(F)ccc(F)c1C1CC1.NC(=O)Nc1ccc(F)cn1. The molecule has 26 heavy (non-hydrogen) atoms. The van der Waals surface area contributed by atoms with E-state index in [2.05, 4.69) is 10.3 Å². The third kappa shape index (κ3) is 6.27. The number of benzene rings is 1. The van der Waals surface area contributed by atoms with Gasteiger partial charge in [-0.15, -0.1) is 0 Å². The number of rotatable bonds is 3.